The molecule has 0 saturated heterocycles. The van der Waals surface area contributed by atoms with E-state index >= 15 is 0 Å². The third-order valence-electron chi connectivity index (χ3n) is 1.21. The molecule has 60 valence electrons. The summed E-state index contributed by atoms with van der Waals surface area (Å²) < 4.78 is 0. The molecular formula is C6H7NO3S. The highest BCUT2D eigenvalue weighted by Crippen LogP contribution is 2.20. The highest BCUT2D eigenvalue weighted by atomic mass is 32.1. The van der Waals surface area contributed by atoms with Crippen LogP contribution in [0.1, 0.15) is 10.6 Å². The van der Waals surface area contributed by atoms with Crippen molar-refractivity contribution in [3.05, 3.63) is 20.9 Å². The molecule has 0 radical (unpaired) electrons. The van der Waals surface area contributed by atoms with Gasteiger partial charge in [0.1, 0.15) is 0 Å². The molecule has 0 spiro atoms. The van der Waals surface area contributed by atoms with Crippen LogP contribution in [0.4, 0.5) is 0 Å². The molecule has 0 amide bonds. The Bertz CT molecular complexity index is 320. The minimum absolute atomic E-state index is 0.211. The van der Waals surface area contributed by atoms with Gasteiger partial charge >= 0.3 is 0 Å². The van der Waals surface area contributed by atoms with Crippen molar-refractivity contribution in [2.75, 3.05) is 0 Å². The van der Waals surface area contributed by atoms with Gasteiger partial charge in [-0.3, -0.25) is 4.79 Å². The average Bonchev–Trinajstić information content (AvgIpc) is 1.96. The second kappa shape index (κ2) is 2.98. The van der Waals surface area contributed by atoms with E-state index < -0.39 is 0 Å². The monoisotopic (exact) mass is 173 g/mol. The zero-order valence-electron chi connectivity index (χ0n) is 6.12. The van der Waals surface area contributed by atoms with Crippen LogP contribution in [0.25, 0.3) is 0 Å². The van der Waals surface area contributed by atoms with Crippen LogP contribution in [0.3, 0.4) is 0 Å². The minimum atomic E-state index is -0.356. The summed E-state index contributed by atoms with van der Waals surface area (Å²) in [4.78, 5) is 18.6. The van der Waals surface area contributed by atoms with Crippen LogP contribution in [-0.4, -0.2) is 10.2 Å². The Morgan fingerprint density at radius 1 is 1.55 bits per heavy atom. The maximum Gasteiger partial charge on any atom is 0.278 e. The second-order valence-electron chi connectivity index (χ2n) is 2.04. The Balaban J connectivity index is 3.36. The average molecular weight is 173 g/mol. The van der Waals surface area contributed by atoms with E-state index in [0.717, 1.165) is 11.3 Å². The van der Waals surface area contributed by atoms with Crippen molar-refractivity contribution in [2.24, 2.45) is 0 Å². The lowest BCUT2D eigenvalue weighted by atomic mass is 10.4. The lowest BCUT2D eigenvalue weighted by Crippen LogP contribution is -2.10. The standard InChI is InChI=1S/C6H7NO3S/c1-3-5(8)7-4(2)11-6(3)10-9/h9H,1-2H3. The molecule has 1 aromatic rings. The van der Waals surface area contributed by atoms with E-state index in [0.29, 0.717) is 10.6 Å². The van der Waals surface area contributed by atoms with Gasteiger partial charge in [0.25, 0.3) is 5.56 Å². The number of aromatic nitrogens is 1. The van der Waals surface area contributed by atoms with Crippen molar-refractivity contribution in [3.63, 3.8) is 0 Å². The molecule has 0 fully saturated rings. The smallest absolute Gasteiger partial charge is 0.278 e. The number of rotatable bonds is 1. The largest absolute Gasteiger partial charge is 0.328 e. The van der Waals surface area contributed by atoms with Crippen molar-refractivity contribution in [3.8, 4) is 5.06 Å². The van der Waals surface area contributed by atoms with Crippen LogP contribution in [-0.2, 0) is 0 Å². The van der Waals surface area contributed by atoms with E-state index in [1.165, 1.54) is 0 Å². The van der Waals surface area contributed by atoms with Gasteiger partial charge in [-0.25, -0.2) is 10.2 Å². The highest BCUT2D eigenvalue weighted by Gasteiger charge is 2.06. The first-order chi connectivity index (χ1) is 5.15. The van der Waals surface area contributed by atoms with Crippen LogP contribution in [0.2, 0.25) is 0 Å². The second-order valence-corrected chi connectivity index (χ2v) is 3.21. The van der Waals surface area contributed by atoms with E-state index in [-0.39, 0.29) is 10.6 Å². The Labute approximate surface area is 67.0 Å². The molecule has 0 aromatic carbocycles. The van der Waals surface area contributed by atoms with Gasteiger partial charge in [0.15, 0.2) is 0 Å². The van der Waals surface area contributed by atoms with Gasteiger partial charge in [-0.1, -0.05) is 11.3 Å². The van der Waals surface area contributed by atoms with Crippen LogP contribution >= 0.6 is 11.3 Å². The molecule has 11 heavy (non-hydrogen) atoms. The summed E-state index contributed by atoms with van der Waals surface area (Å²) in [6.45, 7) is 3.23. The topological polar surface area (TPSA) is 59.4 Å². The summed E-state index contributed by atoms with van der Waals surface area (Å²) in [5.74, 6) is 0. The molecule has 0 aliphatic carbocycles. The van der Waals surface area contributed by atoms with Crippen LogP contribution in [0.15, 0.2) is 4.79 Å². The number of aryl methyl sites for hydroxylation is 1. The summed E-state index contributed by atoms with van der Waals surface area (Å²) >= 11 is 1.13. The van der Waals surface area contributed by atoms with Crippen molar-refractivity contribution in [2.45, 2.75) is 13.8 Å². The molecule has 0 atom stereocenters. The molecule has 0 unspecified atom stereocenters. The Kier molecular flexibility index (Phi) is 2.21. The zero-order chi connectivity index (χ0) is 8.43. The minimum Gasteiger partial charge on any atom is -0.328 e. The number of hydrogen-bond acceptors (Lipinski definition) is 5. The molecule has 1 aromatic heterocycles. The summed E-state index contributed by atoms with van der Waals surface area (Å²) in [5.41, 5.74) is -0.0200. The van der Waals surface area contributed by atoms with Gasteiger partial charge in [-0.2, -0.15) is 0 Å². The lowest BCUT2D eigenvalue weighted by molar-refractivity contribution is -0.134. The van der Waals surface area contributed by atoms with Crippen molar-refractivity contribution >= 4 is 11.3 Å². The van der Waals surface area contributed by atoms with Gasteiger partial charge in [0.05, 0.1) is 10.6 Å². The molecule has 1 rings (SSSR count). The lowest BCUT2D eigenvalue weighted by Gasteiger charge is -1.98. The fourth-order valence-corrected chi connectivity index (χ4v) is 1.31. The molecular weight excluding hydrogens is 166 g/mol. The number of nitrogens with zero attached hydrogens (tertiary/aromatic N) is 1. The maximum atomic E-state index is 10.9. The van der Waals surface area contributed by atoms with E-state index in [1.807, 2.05) is 0 Å². The Morgan fingerprint density at radius 2 is 2.18 bits per heavy atom. The quantitative estimate of drug-likeness (QED) is 0.508. The third kappa shape index (κ3) is 1.55. The predicted molar refractivity (Wildman–Crippen MR) is 41.1 cm³/mol. The van der Waals surface area contributed by atoms with Gasteiger partial charge in [-0.15, -0.1) is 0 Å². The normalized spacial score (nSPS) is 9.73. The molecule has 0 saturated carbocycles. The molecule has 0 aliphatic rings. The summed E-state index contributed by atoms with van der Waals surface area (Å²) in [5, 5.41) is 9.10. The first-order valence-electron chi connectivity index (χ1n) is 2.95. The predicted octanol–water partition coefficient (Wildman–Crippen LogP) is 0.972. The SMILES string of the molecule is Cc1nc(=O)c(C)c(OO)s1. The summed E-state index contributed by atoms with van der Waals surface area (Å²) in [6, 6.07) is 0. The van der Waals surface area contributed by atoms with E-state index in [4.69, 9.17) is 5.26 Å². The molecule has 0 aliphatic heterocycles. The zero-order valence-corrected chi connectivity index (χ0v) is 6.94. The van der Waals surface area contributed by atoms with Crippen LogP contribution in [0.5, 0.6) is 5.06 Å². The molecule has 4 nitrogen and oxygen atoms in total. The summed E-state index contributed by atoms with van der Waals surface area (Å²) in [7, 11) is 0. The molecule has 1 heterocycles. The molecule has 1 N–H and O–H groups in total. The van der Waals surface area contributed by atoms with Crippen molar-refractivity contribution < 1.29 is 10.1 Å². The molecule has 5 heteroatoms. The van der Waals surface area contributed by atoms with E-state index in [9.17, 15) is 4.79 Å². The van der Waals surface area contributed by atoms with E-state index in [2.05, 4.69) is 9.87 Å². The van der Waals surface area contributed by atoms with Crippen LogP contribution in [0, 0.1) is 13.8 Å². The Hall–Kier alpha value is -0.940. The maximum absolute atomic E-state index is 10.9. The first-order valence-corrected chi connectivity index (χ1v) is 3.76. The van der Waals surface area contributed by atoms with E-state index in [1.54, 1.807) is 13.8 Å². The molecule has 0 bridgehead atoms. The Morgan fingerprint density at radius 3 is 2.73 bits per heavy atom. The fourth-order valence-electron chi connectivity index (χ4n) is 0.635. The van der Waals surface area contributed by atoms with Crippen LogP contribution < -0.4 is 10.4 Å². The third-order valence-corrected chi connectivity index (χ3v) is 2.16. The van der Waals surface area contributed by atoms with Gasteiger partial charge in [0, 0.05) is 0 Å². The summed E-state index contributed by atoms with van der Waals surface area (Å²) in [6.07, 6.45) is 0. The number of hydrogen-bond donors (Lipinski definition) is 1. The van der Waals surface area contributed by atoms with Gasteiger partial charge < -0.3 is 4.89 Å². The fraction of sp³-hybridized carbons (Fsp3) is 0.333. The first kappa shape index (κ1) is 8.16. The van der Waals surface area contributed by atoms with Crippen molar-refractivity contribution in [1.82, 2.24) is 4.98 Å². The van der Waals surface area contributed by atoms with Gasteiger partial charge in [-0.05, 0) is 13.8 Å². The highest BCUT2D eigenvalue weighted by molar-refractivity contribution is 7.13. The van der Waals surface area contributed by atoms with Gasteiger partial charge in [0.2, 0.25) is 5.06 Å². The van der Waals surface area contributed by atoms with Crippen molar-refractivity contribution in [1.29, 1.82) is 0 Å².